The zero-order valence-electron chi connectivity index (χ0n) is 12.4. The first-order valence-electron chi connectivity index (χ1n) is 7.74. The highest BCUT2D eigenvalue weighted by Gasteiger charge is 2.40. The van der Waals surface area contributed by atoms with Crippen molar-refractivity contribution in [1.82, 2.24) is 4.98 Å². The normalized spacial score (nSPS) is 31.7. The molecular formula is C16H23N3OS. The molecule has 3 rings (SSSR count). The van der Waals surface area contributed by atoms with Crippen molar-refractivity contribution < 1.29 is 4.79 Å². The number of nitrogens with one attached hydrogen (secondary N) is 1. The van der Waals surface area contributed by atoms with Gasteiger partial charge in [-0.25, -0.2) is 4.98 Å². The Morgan fingerprint density at radius 2 is 2.05 bits per heavy atom. The van der Waals surface area contributed by atoms with Crippen LogP contribution < -0.4 is 11.1 Å². The SMILES string of the molecule is CSc1ccc(NC(=O)C2CC3CCCC(C2)C3N)nc1. The number of thioether (sulfide) groups is 1. The van der Waals surface area contributed by atoms with Crippen molar-refractivity contribution in [3.63, 3.8) is 0 Å². The van der Waals surface area contributed by atoms with Crippen molar-refractivity contribution in [2.45, 2.75) is 43.0 Å². The molecule has 114 valence electrons. The number of nitrogens with two attached hydrogens (primary N) is 1. The molecule has 1 heterocycles. The highest BCUT2D eigenvalue weighted by molar-refractivity contribution is 7.98. The monoisotopic (exact) mass is 305 g/mol. The van der Waals surface area contributed by atoms with Crippen LogP contribution in [0.2, 0.25) is 0 Å². The molecule has 0 radical (unpaired) electrons. The summed E-state index contributed by atoms with van der Waals surface area (Å²) in [5, 5.41) is 2.97. The molecule has 0 aliphatic heterocycles. The van der Waals surface area contributed by atoms with E-state index in [1.165, 1.54) is 19.3 Å². The van der Waals surface area contributed by atoms with Gasteiger partial charge in [0.25, 0.3) is 0 Å². The molecule has 4 nitrogen and oxygen atoms in total. The molecule has 2 saturated carbocycles. The Morgan fingerprint density at radius 1 is 1.33 bits per heavy atom. The molecule has 0 spiro atoms. The van der Waals surface area contributed by atoms with Gasteiger partial charge in [0.2, 0.25) is 5.91 Å². The van der Waals surface area contributed by atoms with Gasteiger partial charge in [-0.05, 0) is 55.9 Å². The van der Waals surface area contributed by atoms with Crippen molar-refractivity contribution >= 4 is 23.5 Å². The molecule has 2 atom stereocenters. The molecule has 0 saturated heterocycles. The topological polar surface area (TPSA) is 68.0 Å². The fourth-order valence-corrected chi connectivity index (χ4v) is 4.17. The molecule has 21 heavy (non-hydrogen) atoms. The van der Waals surface area contributed by atoms with Gasteiger partial charge in [-0.3, -0.25) is 4.79 Å². The van der Waals surface area contributed by atoms with Gasteiger partial charge in [0, 0.05) is 23.1 Å². The maximum absolute atomic E-state index is 12.5. The Kier molecular flexibility index (Phi) is 4.50. The maximum Gasteiger partial charge on any atom is 0.228 e. The molecule has 2 aliphatic rings. The number of rotatable bonds is 3. The summed E-state index contributed by atoms with van der Waals surface area (Å²) in [6, 6.07) is 4.17. The summed E-state index contributed by atoms with van der Waals surface area (Å²) in [5.74, 6) is 1.92. The molecule has 5 heteroatoms. The van der Waals surface area contributed by atoms with Crippen LogP contribution in [0.4, 0.5) is 5.82 Å². The number of nitrogens with zero attached hydrogens (tertiary/aromatic N) is 1. The largest absolute Gasteiger partial charge is 0.327 e. The zero-order valence-corrected chi connectivity index (χ0v) is 13.2. The smallest absolute Gasteiger partial charge is 0.228 e. The Bertz CT molecular complexity index is 491. The van der Waals surface area contributed by atoms with Gasteiger partial charge in [0.15, 0.2) is 0 Å². The van der Waals surface area contributed by atoms with E-state index < -0.39 is 0 Å². The van der Waals surface area contributed by atoms with Crippen molar-refractivity contribution in [2.24, 2.45) is 23.5 Å². The van der Waals surface area contributed by atoms with Crippen molar-refractivity contribution in [3.05, 3.63) is 18.3 Å². The van der Waals surface area contributed by atoms with Crippen LogP contribution >= 0.6 is 11.8 Å². The summed E-state index contributed by atoms with van der Waals surface area (Å²) in [5.41, 5.74) is 6.28. The van der Waals surface area contributed by atoms with Gasteiger partial charge in [-0.15, -0.1) is 11.8 Å². The summed E-state index contributed by atoms with van der Waals surface area (Å²) >= 11 is 1.65. The van der Waals surface area contributed by atoms with Gasteiger partial charge in [-0.1, -0.05) is 6.42 Å². The molecule has 2 fully saturated rings. The van der Waals surface area contributed by atoms with E-state index in [0.29, 0.717) is 23.7 Å². The second-order valence-corrected chi connectivity index (χ2v) is 7.15. The van der Waals surface area contributed by atoms with Gasteiger partial charge in [0.05, 0.1) is 0 Å². The number of fused-ring (bicyclic) bond motifs is 2. The van der Waals surface area contributed by atoms with Crippen LogP contribution in [0.5, 0.6) is 0 Å². The predicted molar refractivity (Wildman–Crippen MR) is 86.2 cm³/mol. The predicted octanol–water partition coefficient (Wildman–Crippen LogP) is 2.90. The fraction of sp³-hybridized carbons (Fsp3) is 0.625. The number of anilines is 1. The number of amides is 1. The number of carbonyl (C=O) groups is 1. The first-order chi connectivity index (χ1) is 10.2. The average molecular weight is 305 g/mol. The second kappa shape index (κ2) is 6.36. The number of aromatic nitrogens is 1. The van der Waals surface area contributed by atoms with E-state index in [4.69, 9.17) is 5.73 Å². The van der Waals surface area contributed by atoms with Crippen LogP contribution in [0.15, 0.2) is 23.2 Å². The minimum absolute atomic E-state index is 0.0992. The molecule has 3 N–H and O–H groups in total. The molecular weight excluding hydrogens is 282 g/mol. The number of hydrogen-bond donors (Lipinski definition) is 2. The molecule has 2 aliphatic carbocycles. The Hall–Kier alpha value is -1.07. The molecule has 2 unspecified atom stereocenters. The van der Waals surface area contributed by atoms with Gasteiger partial charge in [-0.2, -0.15) is 0 Å². The van der Waals surface area contributed by atoms with E-state index in [1.807, 2.05) is 18.4 Å². The third kappa shape index (κ3) is 3.24. The Balaban J connectivity index is 1.62. The van der Waals surface area contributed by atoms with Crippen LogP contribution in [0, 0.1) is 17.8 Å². The zero-order chi connectivity index (χ0) is 14.8. The van der Waals surface area contributed by atoms with Crippen molar-refractivity contribution in [3.8, 4) is 0 Å². The Morgan fingerprint density at radius 3 is 2.62 bits per heavy atom. The third-order valence-electron chi connectivity index (χ3n) is 5.01. The highest BCUT2D eigenvalue weighted by atomic mass is 32.2. The van der Waals surface area contributed by atoms with E-state index in [9.17, 15) is 4.79 Å². The van der Waals surface area contributed by atoms with Crippen molar-refractivity contribution in [1.29, 1.82) is 0 Å². The van der Waals surface area contributed by atoms with Gasteiger partial charge in [0.1, 0.15) is 5.82 Å². The van der Waals surface area contributed by atoms with E-state index >= 15 is 0 Å². The third-order valence-corrected chi connectivity index (χ3v) is 5.72. The minimum Gasteiger partial charge on any atom is -0.327 e. The molecule has 0 aromatic carbocycles. The van der Waals surface area contributed by atoms with E-state index in [1.54, 1.807) is 18.0 Å². The quantitative estimate of drug-likeness (QED) is 0.843. The standard InChI is InChI=1S/C16H23N3OS/c1-21-13-5-6-14(18-9-13)19-16(20)12-7-10-3-2-4-11(8-12)15(10)17/h5-6,9-12,15H,2-4,7-8,17H2,1H3,(H,18,19,20). The molecule has 2 bridgehead atoms. The van der Waals surface area contributed by atoms with Crippen molar-refractivity contribution in [2.75, 3.05) is 11.6 Å². The highest BCUT2D eigenvalue weighted by Crippen LogP contribution is 2.42. The minimum atomic E-state index is 0.0992. The van der Waals surface area contributed by atoms with Gasteiger partial charge >= 0.3 is 0 Å². The lowest BCUT2D eigenvalue weighted by Crippen LogP contribution is -2.48. The molecule has 1 aromatic rings. The number of pyridine rings is 1. The van der Waals surface area contributed by atoms with E-state index in [0.717, 1.165) is 17.7 Å². The maximum atomic E-state index is 12.5. The van der Waals surface area contributed by atoms with Crippen LogP contribution in [0.25, 0.3) is 0 Å². The summed E-state index contributed by atoms with van der Waals surface area (Å²) in [6.45, 7) is 0. The summed E-state index contributed by atoms with van der Waals surface area (Å²) in [4.78, 5) is 17.9. The lowest BCUT2D eigenvalue weighted by molar-refractivity contribution is -0.122. The summed E-state index contributed by atoms with van der Waals surface area (Å²) in [7, 11) is 0. The fourth-order valence-electron chi connectivity index (χ4n) is 3.81. The summed E-state index contributed by atoms with van der Waals surface area (Å²) < 4.78 is 0. The van der Waals surface area contributed by atoms with Crippen LogP contribution in [0.1, 0.15) is 32.1 Å². The first kappa shape index (κ1) is 14.9. The lowest BCUT2D eigenvalue weighted by Gasteiger charge is -2.43. The molecule has 1 amide bonds. The number of hydrogen-bond acceptors (Lipinski definition) is 4. The van der Waals surface area contributed by atoms with E-state index in [-0.39, 0.29) is 11.8 Å². The van der Waals surface area contributed by atoms with Crippen LogP contribution in [0.3, 0.4) is 0 Å². The number of carbonyl (C=O) groups excluding carboxylic acids is 1. The lowest BCUT2D eigenvalue weighted by atomic mass is 9.65. The van der Waals surface area contributed by atoms with Crippen LogP contribution in [-0.4, -0.2) is 23.2 Å². The van der Waals surface area contributed by atoms with Gasteiger partial charge < -0.3 is 11.1 Å². The second-order valence-electron chi connectivity index (χ2n) is 6.27. The first-order valence-corrected chi connectivity index (χ1v) is 8.96. The molecule has 1 aromatic heterocycles. The summed E-state index contributed by atoms with van der Waals surface area (Å²) in [6.07, 6.45) is 9.32. The van der Waals surface area contributed by atoms with E-state index in [2.05, 4.69) is 10.3 Å². The van der Waals surface area contributed by atoms with Crippen LogP contribution in [-0.2, 0) is 4.79 Å². The Labute approximate surface area is 130 Å². The average Bonchev–Trinajstić information content (AvgIpc) is 2.47.